The first-order valence-electron chi connectivity index (χ1n) is 8.26. The second-order valence-electron chi connectivity index (χ2n) is 6.52. The van der Waals surface area contributed by atoms with E-state index in [1.807, 2.05) is 0 Å². The maximum atomic E-state index is 12.9. The van der Waals surface area contributed by atoms with E-state index in [9.17, 15) is 8.42 Å². The molecule has 1 saturated carbocycles. The van der Waals surface area contributed by atoms with E-state index in [-0.39, 0.29) is 0 Å². The molecule has 1 aliphatic heterocycles. The van der Waals surface area contributed by atoms with Crippen molar-refractivity contribution in [1.29, 1.82) is 0 Å². The van der Waals surface area contributed by atoms with Crippen LogP contribution < -0.4 is 5.32 Å². The van der Waals surface area contributed by atoms with Crippen LogP contribution in [0.1, 0.15) is 45.4 Å². The maximum absolute atomic E-state index is 12.9. The highest BCUT2D eigenvalue weighted by Gasteiger charge is 2.40. The van der Waals surface area contributed by atoms with Crippen LogP contribution in [0.15, 0.2) is 23.2 Å². The number of aromatic nitrogens is 1. The van der Waals surface area contributed by atoms with E-state index in [1.165, 1.54) is 12.8 Å². The molecule has 3 rings (SSSR count). The fourth-order valence-electron chi connectivity index (χ4n) is 3.08. The van der Waals surface area contributed by atoms with Crippen LogP contribution in [-0.4, -0.2) is 37.3 Å². The summed E-state index contributed by atoms with van der Waals surface area (Å²) in [5, 5.41) is 3.30. The minimum atomic E-state index is -3.44. The quantitative estimate of drug-likeness (QED) is 0.874. The van der Waals surface area contributed by atoms with Gasteiger partial charge in [-0.15, -0.1) is 0 Å². The molecule has 122 valence electrons. The standard InChI is InChI=1S/C16H25N3O2S/c1-2-16(8-9-16)13-18-15-14(7-6-10-17-15)22(20,21)19-11-4-3-5-12-19/h6-7,10H,2-5,8-9,11-13H2,1H3,(H,17,18). The molecule has 5 nitrogen and oxygen atoms in total. The molecule has 0 radical (unpaired) electrons. The molecule has 1 aromatic rings. The zero-order valence-electron chi connectivity index (χ0n) is 13.2. The van der Waals surface area contributed by atoms with Crippen molar-refractivity contribution in [3.8, 4) is 0 Å². The van der Waals surface area contributed by atoms with Crippen LogP contribution in [-0.2, 0) is 10.0 Å². The lowest BCUT2D eigenvalue weighted by atomic mass is 10.0. The van der Waals surface area contributed by atoms with E-state index >= 15 is 0 Å². The molecule has 1 saturated heterocycles. The number of nitrogens with zero attached hydrogens (tertiary/aromatic N) is 2. The number of hydrogen-bond donors (Lipinski definition) is 1. The summed E-state index contributed by atoms with van der Waals surface area (Å²) in [6, 6.07) is 3.37. The molecule has 0 unspecified atom stereocenters. The summed E-state index contributed by atoms with van der Waals surface area (Å²) in [4.78, 5) is 4.61. The van der Waals surface area contributed by atoms with Gasteiger partial charge in [0, 0.05) is 25.8 Å². The summed E-state index contributed by atoms with van der Waals surface area (Å²) in [7, 11) is -3.44. The van der Waals surface area contributed by atoms with E-state index in [1.54, 1.807) is 22.6 Å². The number of anilines is 1. The molecule has 0 aromatic carbocycles. The van der Waals surface area contributed by atoms with Gasteiger partial charge in [0.25, 0.3) is 0 Å². The van der Waals surface area contributed by atoms with Crippen LogP contribution in [0.4, 0.5) is 5.82 Å². The predicted molar refractivity (Wildman–Crippen MR) is 87.3 cm³/mol. The van der Waals surface area contributed by atoms with Crippen LogP contribution in [0, 0.1) is 5.41 Å². The predicted octanol–water partition coefficient (Wildman–Crippen LogP) is 2.86. The Morgan fingerprint density at radius 3 is 2.64 bits per heavy atom. The molecule has 2 heterocycles. The van der Waals surface area contributed by atoms with Crippen molar-refractivity contribution in [3.05, 3.63) is 18.3 Å². The number of sulfonamides is 1. The molecule has 1 aliphatic carbocycles. The van der Waals surface area contributed by atoms with Crippen molar-refractivity contribution in [2.75, 3.05) is 25.0 Å². The fourth-order valence-corrected chi connectivity index (χ4v) is 4.72. The van der Waals surface area contributed by atoms with Gasteiger partial charge in [0.1, 0.15) is 10.7 Å². The zero-order chi connectivity index (χ0) is 15.6. The highest BCUT2D eigenvalue weighted by atomic mass is 32.2. The molecular formula is C16H25N3O2S. The third-order valence-corrected chi connectivity index (χ3v) is 6.97. The molecule has 6 heteroatoms. The van der Waals surface area contributed by atoms with E-state index in [0.29, 0.717) is 29.2 Å². The summed E-state index contributed by atoms with van der Waals surface area (Å²) < 4.78 is 27.3. The number of rotatable bonds is 6. The van der Waals surface area contributed by atoms with Crippen molar-refractivity contribution in [2.24, 2.45) is 5.41 Å². The summed E-state index contributed by atoms with van der Waals surface area (Å²) in [6.07, 6.45) is 8.23. The molecule has 1 aromatic heterocycles. The van der Waals surface area contributed by atoms with Crippen LogP contribution in [0.2, 0.25) is 0 Å². The van der Waals surface area contributed by atoms with Crippen molar-refractivity contribution in [1.82, 2.24) is 9.29 Å². The molecule has 2 fully saturated rings. The highest BCUT2D eigenvalue weighted by Crippen LogP contribution is 2.48. The fraction of sp³-hybridized carbons (Fsp3) is 0.688. The lowest BCUT2D eigenvalue weighted by Gasteiger charge is -2.26. The van der Waals surface area contributed by atoms with Crippen LogP contribution in [0.5, 0.6) is 0 Å². The van der Waals surface area contributed by atoms with Gasteiger partial charge in [-0.2, -0.15) is 4.31 Å². The van der Waals surface area contributed by atoms with Crippen LogP contribution in [0.25, 0.3) is 0 Å². The first-order valence-corrected chi connectivity index (χ1v) is 9.70. The average molecular weight is 323 g/mol. The van der Waals surface area contributed by atoms with Gasteiger partial charge < -0.3 is 5.32 Å². The molecule has 22 heavy (non-hydrogen) atoms. The van der Waals surface area contributed by atoms with Gasteiger partial charge >= 0.3 is 0 Å². The summed E-state index contributed by atoms with van der Waals surface area (Å²) in [5.41, 5.74) is 0.351. The maximum Gasteiger partial charge on any atom is 0.246 e. The molecule has 1 N–H and O–H groups in total. The van der Waals surface area contributed by atoms with Crippen LogP contribution in [0.3, 0.4) is 0 Å². The monoisotopic (exact) mass is 323 g/mol. The van der Waals surface area contributed by atoms with Gasteiger partial charge in [-0.25, -0.2) is 13.4 Å². The minimum Gasteiger partial charge on any atom is -0.368 e. The molecular weight excluding hydrogens is 298 g/mol. The third-order valence-electron chi connectivity index (χ3n) is 5.04. The molecule has 0 atom stereocenters. The topological polar surface area (TPSA) is 62.3 Å². The van der Waals surface area contributed by atoms with Crippen molar-refractivity contribution in [2.45, 2.75) is 50.3 Å². The first kappa shape index (κ1) is 15.7. The highest BCUT2D eigenvalue weighted by molar-refractivity contribution is 7.89. The normalized spacial score (nSPS) is 21.5. The minimum absolute atomic E-state index is 0.323. The zero-order valence-corrected chi connectivity index (χ0v) is 14.0. The van der Waals surface area contributed by atoms with E-state index in [4.69, 9.17) is 0 Å². The van der Waals surface area contributed by atoms with Crippen molar-refractivity contribution in [3.63, 3.8) is 0 Å². The van der Waals surface area contributed by atoms with Gasteiger partial charge in [-0.05, 0) is 49.7 Å². The summed E-state index contributed by atoms with van der Waals surface area (Å²) in [5.74, 6) is 0.507. The largest absolute Gasteiger partial charge is 0.368 e. The molecule has 0 spiro atoms. The van der Waals surface area contributed by atoms with Crippen molar-refractivity contribution >= 4 is 15.8 Å². The van der Waals surface area contributed by atoms with Gasteiger partial charge in [0.05, 0.1) is 0 Å². The second-order valence-corrected chi connectivity index (χ2v) is 8.43. The first-order chi connectivity index (χ1) is 10.6. The molecule has 0 bridgehead atoms. The number of pyridine rings is 1. The summed E-state index contributed by atoms with van der Waals surface area (Å²) in [6.45, 7) is 4.24. The van der Waals surface area contributed by atoms with E-state index in [2.05, 4.69) is 17.2 Å². The Morgan fingerprint density at radius 2 is 2.00 bits per heavy atom. The number of nitrogens with one attached hydrogen (secondary N) is 1. The van der Waals surface area contributed by atoms with Gasteiger partial charge in [0.2, 0.25) is 10.0 Å². The van der Waals surface area contributed by atoms with Crippen molar-refractivity contribution < 1.29 is 8.42 Å². The second kappa shape index (κ2) is 6.16. The lowest BCUT2D eigenvalue weighted by molar-refractivity contribution is 0.346. The van der Waals surface area contributed by atoms with Gasteiger partial charge in [0.15, 0.2) is 0 Å². The van der Waals surface area contributed by atoms with Gasteiger partial charge in [-0.3, -0.25) is 0 Å². The van der Waals surface area contributed by atoms with Crippen LogP contribution >= 0.6 is 0 Å². The third kappa shape index (κ3) is 3.13. The van der Waals surface area contributed by atoms with E-state index < -0.39 is 10.0 Å². The SMILES string of the molecule is CCC1(CNc2ncccc2S(=O)(=O)N2CCCCC2)CC1. The molecule has 0 amide bonds. The Bertz CT molecular complexity index is 620. The van der Waals surface area contributed by atoms with Gasteiger partial charge in [-0.1, -0.05) is 13.3 Å². The number of piperidine rings is 1. The Hall–Kier alpha value is -1.14. The number of hydrogen-bond acceptors (Lipinski definition) is 4. The molecule has 2 aliphatic rings. The Kier molecular flexibility index (Phi) is 4.41. The Morgan fingerprint density at radius 1 is 1.27 bits per heavy atom. The lowest BCUT2D eigenvalue weighted by Crippen LogP contribution is -2.36. The van der Waals surface area contributed by atoms with E-state index in [0.717, 1.165) is 32.2 Å². The smallest absolute Gasteiger partial charge is 0.246 e. The average Bonchev–Trinajstić information content (AvgIpc) is 3.35. The Labute approximate surface area is 133 Å². The Balaban J connectivity index is 1.80. The summed E-state index contributed by atoms with van der Waals surface area (Å²) >= 11 is 0.